The third-order valence-electron chi connectivity index (χ3n) is 15.6. The van der Waals surface area contributed by atoms with Gasteiger partial charge >= 0.3 is 0 Å². The van der Waals surface area contributed by atoms with Gasteiger partial charge in [0.2, 0.25) is 0 Å². The van der Waals surface area contributed by atoms with Crippen molar-refractivity contribution in [2.45, 2.75) is 131 Å². The molecule has 11 rings (SSSR count). The molecule has 368 valence electrons. The highest BCUT2D eigenvalue weighted by Gasteiger charge is 2.44. The topological polar surface area (TPSA) is 22.9 Å². The first-order valence-corrected chi connectivity index (χ1v) is 26.5. The van der Waals surface area contributed by atoms with Gasteiger partial charge in [-0.1, -0.05) is 189 Å². The second kappa shape index (κ2) is 16.8. The van der Waals surface area contributed by atoms with Crippen LogP contribution in [0.25, 0.3) is 21.9 Å². The van der Waals surface area contributed by atoms with Crippen molar-refractivity contribution in [3.05, 3.63) is 192 Å². The SMILES string of the molecule is CC(C)(C)c1ccc(N2c3ccc(C(C)(C)C)cc3B3c4cc(C(C)(C)C)ccc4N(c4cc(N(c5ccc(C(C)(C)C)cc5)c5ccc(C(C)(C)C)cc5)c5oc6ccccc6c5c4)c4cccc2c43)cc1. The molecule has 0 saturated heterocycles. The summed E-state index contributed by atoms with van der Waals surface area (Å²) in [5, 5.41) is 2.17. The number of anilines is 9. The van der Waals surface area contributed by atoms with Crippen LogP contribution in [0.3, 0.4) is 0 Å². The Morgan fingerprint density at radius 2 is 0.795 bits per heavy atom. The summed E-state index contributed by atoms with van der Waals surface area (Å²) in [5.74, 6) is 0. The first kappa shape index (κ1) is 48.3. The van der Waals surface area contributed by atoms with Crippen molar-refractivity contribution in [3.63, 3.8) is 0 Å². The fourth-order valence-corrected chi connectivity index (χ4v) is 11.3. The molecule has 1 aromatic heterocycles. The molecule has 0 bridgehead atoms. The van der Waals surface area contributed by atoms with E-state index in [-0.39, 0.29) is 33.8 Å². The average molecular weight is 958 g/mol. The zero-order chi connectivity index (χ0) is 51.7. The maximum absolute atomic E-state index is 7.06. The molecule has 9 aromatic rings. The Hall–Kier alpha value is -6.98. The molecule has 73 heavy (non-hydrogen) atoms. The van der Waals surface area contributed by atoms with Crippen LogP contribution in [0.15, 0.2) is 168 Å². The first-order chi connectivity index (χ1) is 34.4. The van der Waals surface area contributed by atoms with Gasteiger partial charge in [0.25, 0.3) is 6.71 Å². The minimum atomic E-state index is -0.0708. The number of benzene rings is 8. The quantitative estimate of drug-likeness (QED) is 0.160. The van der Waals surface area contributed by atoms with Gasteiger partial charge in [0.05, 0.1) is 5.69 Å². The van der Waals surface area contributed by atoms with Gasteiger partial charge in [-0.2, -0.15) is 0 Å². The number of furan rings is 1. The second-order valence-corrected chi connectivity index (χ2v) is 26.0. The van der Waals surface area contributed by atoms with Gasteiger partial charge in [-0.3, -0.25) is 0 Å². The van der Waals surface area contributed by atoms with Crippen molar-refractivity contribution in [2.24, 2.45) is 0 Å². The van der Waals surface area contributed by atoms with Crippen LogP contribution in [0.4, 0.5) is 51.2 Å². The highest BCUT2D eigenvalue weighted by molar-refractivity contribution is 7.00. The van der Waals surface area contributed by atoms with E-state index >= 15 is 0 Å². The summed E-state index contributed by atoms with van der Waals surface area (Å²) in [4.78, 5) is 7.50. The van der Waals surface area contributed by atoms with Crippen LogP contribution < -0.4 is 31.1 Å². The van der Waals surface area contributed by atoms with Gasteiger partial charge in [-0.05, 0) is 150 Å². The van der Waals surface area contributed by atoms with Crippen LogP contribution in [0.2, 0.25) is 0 Å². The summed E-state index contributed by atoms with van der Waals surface area (Å²) in [5.41, 5.74) is 22.3. The Labute approximate surface area is 435 Å². The molecule has 0 unspecified atom stereocenters. The summed E-state index contributed by atoms with van der Waals surface area (Å²) in [6, 6.07) is 62.5. The van der Waals surface area contributed by atoms with Crippen molar-refractivity contribution in [3.8, 4) is 0 Å². The van der Waals surface area contributed by atoms with Crippen molar-refractivity contribution in [1.82, 2.24) is 0 Å². The van der Waals surface area contributed by atoms with Crippen molar-refractivity contribution in [2.75, 3.05) is 14.7 Å². The van der Waals surface area contributed by atoms with Crippen LogP contribution in [0.5, 0.6) is 0 Å². The Bertz CT molecular complexity index is 3530. The number of nitrogens with zero attached hydrogens (tertiary/aromatic N) is 3. The summed E-state index contributed by atoms with van der Waals surface area (Å²) in [6.07, 6.45) is 0. The van der Waals surface area contributed by atoms with E-state index < -0.39 is 0 Å². The standard InChI is InChI=1S/C68H72BN3O/c1-64(2,3)43-23-31-48(32-24-43)70(49-33-25-44(26-34-49)65(4,5)6)60-42-51(41-53-52-19-16-17-22-61(52)73-63(53)60)72-57-38-30-47(68(13,14)15)40-55(57)69-54-39-46(67(10,11)12)29-37-56(54)71(58-20-18-21-59(72)62(58)69)50-35-27-45(28-36-50)66(7,8)9/h16-42H,1-15H3. The van der Waals surface area contributed by atoms with Crippen LogP contribution in [0.1, 0.15) is 132 Å². The lowest BCUT2D eigenvalue weighted by Gasteiger charge is -2.45. The molecule has 0 N–H and O–H groups in total. The summed E-state index contributed by atoms with van der Waals surface area (Å²) in [6.45, 7) is 34.6. The van der Waals surface area contributed by atoms with Gasteiger partial charge in [-0.15, -0.1) is 0 Å². The Morgan fingerprint density at radius 1 is 0.370 bits per heavy atom. The molecule has 0 saturated carbocycles. The van der Waals surface area contributed by atoms with E-state index in [0.717, 1.165) is 50.4 Å². The molecule has 0 amide bonds. The van der Waals surface area contributed by atoms with Gasteiger partial charge in [0.15, 0.2) is 5.58 Å². The molecule has 2 aliphatic heterocycles. The van der Waals surface area contributed by atoms with Crippen LogP contribution >= 0.6 is 0 Å². The largest absolute Gasteiger partial charge is 0.454 e. The fraction of sp³-hybridized carbons (Fsp3) is 0.294. The molecule has 2 aliphatic rings. The van der Waals surface area contributed by atoms with E-state index in [1.807, 2.05) is 0 Å². The predicted octanol–water partition coefficient (Wildman–Crippen LogP) is 17.6. The van der Waals surface area contributed by atoms with Crippen molar-refractivity contribution in [1.29, 1.82) is 0 Å². The van der Waals surface area contributed by atoms with Crippen LogP contribution in [-0.2, 0) is 27.1 Å². The Balaban J connectivity index is 1.22. The Morgan fingerprint density at radius 3 is 1.26 bits per heavy atom. The number of para-hydroxylation sites is 1. The van der Waals surface area contributed by atoms with Gasteiger partial charge < -0.3 is 19.1 Å². The smallest absolute Gasteiger partial charge is 0.252 e. The van der Waals surface area contributed by atoms with Crippen molar-refractivity contribution < 1.29 is 4.42 Å². The number of fused-ring (bicyclic) bond motifs is 7. The third-order valence-corrected chi connectivity index (χ3v) is 15.6. The molecule has 0 spiro atoms. The van der Waals surface area contributed by atoms with E-state index in [0.29, 0.717) is 0 Å². The molecular formula is C68H72BN3O. The van der Waals surface area contributed by atoms with E-state index in [2.05, 4.69) is 282 Å². The lowest BCUT2D eigenvalue weighted by molar-refractivity contribution is 0.590. The number of hydrogen-bond donors (Lipinski definition) is 0. The minimum absolute atomic E-state index is 0.00507. The molecule has 4 nitrogen and oxygen atoms in total. The molecule has 5 heteroatoms. The molecular weight excluding hydrogens is 886 g/mol. The normalized spacial score (nSPS) is 13.9. The minimum Gasteiger partial charge on any atom is -0.454 e. The summed E-state index contributed by atoms with van der Waals surface area (Å²) in [7, 11) is 0. The number of rotatable bonds is 5. The lowest BCUT2D eigenvalue weighted by atomic mass is 9.33. The van der Waals surface area contributed by atoms with E-state index in [1.54, 1.807) is 0 Å². The van der Waals surface area contributed by atoms with E-state index in [4.69, 9.17) is 4.42 Å². The monoisotopic (exact) mass is 958 g/mol. The molecule has 0 aliphatic carbocycles. The average Bonchev–Trinajstić information content (AvgIpc) is 3.71. The molecule has 3 heterocycles. The maximum atomic E-state index is 7.06. The zero-order valence-electron chi connectivity index (χ0n) is 45.9. The van der Waals surface area contributed by atoms with E-state index in [9.17, 15) is 0 Å². The third kappa shape index (κ3) is 8.34. The molecule has 8 aromatic carbocycles. The van der Waals surface area contributed by atoms with Gasteiger partial charge in [0, 0.05) is 56.3 Å². The second-order valence-electron chi connectivity index (χ2n) is 26.0. The molecule has 0 radical (unpaired) electrons. The summed E-state index contributed by atoms with van der Waals surface area (Å²) >= 11 is 0. The van der Waals surface area contributed by atoms with Gasteiger partial charge in [0.1, 0.15) is 5.58 Å². The highest BCUT2D eigenvalue weighted by Crippen LogP contribution is 2.50. The summed E-state index contributed by atoms with van der Waals surface area (Å²) < 4.78 is 7.06. The molecule has 0 fully saturated rings. The highest BCUT2D eigenvalue weighted by atomic mass is 16.3. The predicted molar refractivity (Wildman–Crippen MR) is 316 cm³/mol. The lowest BCUT2D eigenvalue weighted by Crippen LogP contribution is -2.61. The number of hydrogen-bond acceptors (Lipinski definition) is 4. The first-order valence-electron chi connectivity index (χ1n) is 26.5. The van der Waals surface area contributed by atoms with Crippen molar-refractivity contribution >= 4 is 96.2 Å². The van der Waals surface area contributed by atoms with Gasteiger partial charge in [-0.25, -0.2) is 0 Å². The van der Waals surface area contributed by atoms with E-state index in [1.165, 1.54) is 67.0 Å². The molecule has 0 atom stereocenters. The Kier molecular flexibility index (Phi) is 11.1. The van der Waals surface area contributed by atoms with Crippen LogP contribution in [0, 0.1) is 0 Å². The fourth-order valence-electron chi connectivity index (χ4n) is 11.3. The maximum Gasteiger partial charge on any atom is 0.252 e. The van der Waals surface area contributed by atoms with Crippen LogP contribution in [-0.4, -0.2) is 6.71 Å². The zero-order valence-corrected chi connectivity index (χ0v) is 45.9.